The number of anilines is 2. The summed E-state index contributed by atoms with van der Waals surface area (Å²) >= 11 is 0. The Bertz CT molecular complexity index is 499. The molecule has 0 spiro atoms. The number of nitro groups is 1. The first-order chi connectivity index (χ1) is 10.1. The highest BCUT2D eigenvalue weighted by atomic mass is 16.6. The highest BCUT2D eigenvalue weighted by Gasteiger charge is 2.35. The molecule has 1 saturated carbocycles. The molecule has 116 valence electrons. The molecule has 0 saturated heterocycles. The Morgan fingerprint density at radius 2 is 2.00 bits per heavy atom. The van der Waals surface area contributed by atoms with Crippen molar-refractivity contribution in [2.45, 2.75) is 44.6 Å². The van der Waals surface area contributed by atoms with Crippen LogP contribution in [-0.2, 0) is 0 Å². The van der Waals surface area contributed by atoms with Crippen LogP contribution in [0, 0.1) is 10.1 Å². The molecule has 1 aromatic rings. The molecule has 3 N–H and O–H groups in total. The zero-order valence-corrected chi connectivity index (χ0v) is 12.4. The highest BCUT2D eigenvalue weighted by molar-refractivity contribution is 5.76. The minimum absolute atomic E-state index is 0.00320. The fraction of sp³-hybridized carbons (Fsp3) is 0.600. The lowest BCUT2D eigenvalue weighted by Gasteiger charge is -2.29. The van der Waals surface area contributed by atoms with Crippen LogP contribution in [-0.4, -0.2) is 28.7 Å². The summed E-state index contributed by atoms with van der Waals surface area (Å²) in [6.07, 6.45) is 4.65. The molecule has 2 rings (SSSR count). The summed E-state index contributed by atoms with van der Waals surface area (Å²) in [4.78, 5) is 11.1. The van der Waals surface area contributed by atoms with E-state index in [1.165, 1.54) is 0 Å². The summed E-state index contributed by atoms with van der Waals surface area (Å²) in [5, 5.41) is 27.4. The summed E-state index contributed by atoms with van der Waals surface area (Å²) < 4.78 is 0. The van der Waals surface area contributed by atoms with E-state index in [1.54, 1.807) is 18.2 Å². The molecule has 0 aliphatic heterocycles. The number of para-hydroxylation sites is 1. The van der Waals surface area contributed by atoms with Gasteiger partial charge in [-0.05, 0) is 31.4 Å². The van der Waals surface area contributed by atoms with E-state index in [1.807, 2.05) is 6.92 Å². The largest absolute Gasteiger partial charge is 0.394 e. The maximum atomic E-state index is 11.4. The van der Waals surface area contributed by atoms with Crippen molar-refractivity contribution in [3.05, 3.63) is 28.3 Å². The lowest BCUT2D eigenvalue weighted by atomic mass is 9.98. The SMILES string of the molecule is CCCNc1cccc(NC2(CO)CCCC2)c1[N+](=O)[O-]. The molecule has 1 aliphatic rings. The van der Waals surface area contributed by atoms with Crippen molar-refractivity contribution >= 4 is 17.1 Å². The van der Waals surface area contributed by atoms with Gasteiger partial charge in [-0.15, -0.1) is 0 Å². The van der Waals surface area contributed by atoms with Crippen LogP contribution in [0.25, 0.3) is 0 Å². The first kappa shape index (κ1) is 15.6. The van der Waals surface area contributed by atoms with Crippen molar-refractivity contribution in [3.8, 4) is 0 Å². The quantitative estimate of drug-likeness (QED) is 0.531. The van der Waals surface area contributed by atoms with Crippen LogP contribution in [0.5, 0.6) is 0 Å². The average Bonchev–Trinajstić information content (AvgIpc) is 2.94. The van der Waals surface area contributed by atoms with E-state index >= 15 is 0 Å². The Hall–Kier alpha value is -1.82. The molecular formula is C15H23N3O3. The molecule has 0 atom stereocenters. The fourth-order valence-corrected chi connectivity index (χ4v) is 2.90. The second-order valence-corrected chi connectivity index (χ2v) is 5.66. The first-order valence-corrected chi connectivity index (χ1v) is 7.52. The monoisotopic (exact) mass is 293 g/mol. The predicted molar refractivity (Wildman–Crippen MR) is 83.8 cm³/mol. The molecule has 21 heavy (non-hydrogen) atoms. The molecule has 1 fully saturated rings. The molecule has 6 heteroatoms. The molecule has 6 nitrogen and oxygen atoms in total. The smallest absolute Gasteiger partial charge is 0.315 e. The van der Waals surface area contributed by atoms with E-state index in [0.717, 1.165) is 32.1 Å². The zero-order chi connectivity index (χ0) is 15.3. The summed E-state index contributed by atoms with van der Waals surface area (Å²) in [5.74, 6) is 0. The first-order valence-electron chi connectivity index (χ1n) is 7.52. The maximum Gasteiger partial charge on any atom is 0.315 e. The van der Waals surface area contributed by atoms with Gasteiger partial charge >= 0.3 is 5.69 Å². The number of aliphatic hydroxyl groups is 1. The molecule has 0 bridgehead atoms. The molecule has 0 heterocycles. The Morgan fingerprint density at radius 1 is 1.33 bits per heavy atom. The van der Waals surface area contributed by atoms with Crippen molar-refractivity contribution in [1.82, 2.24) is 0 Å². The van der Waals surface area contributed by atoms with Gasteiger partial charge in [-0.1, -0.05) is 25.8 Å². The number of hydrogen-bond donors (Lipinski definition) is 3. The van der Waals surface area contributed by atoms with Crippen LogP contribution in [0.1, 0.15) is 39.0 Å². The standard InChI is InChI=1S/C15H23N3O3/c1-2-10-16-12-6-5-7-13(14(12)18(20)21)17-15(11-19)8-3-4-9-15/h5-7,16-17,19H,2-4,8-11H2,1H3. The van der Waals surface area contributed by atoms with Gasteiger partial charge in [-0.2, -0.15) is 0 Å². The number of nitrogens with one attached hydrogen (secondary N) is 2. The second kappa shape index (κ2) is 6.76. The maximum absolute atomic E-state index is 11.4. The Morgan fingerprint density at radius 3 is 2.57 bits per heavy atom. The third-order valence-corrected chi connectivity index (χ3v) is 4.05. The summed E-state index contributed by atoms with van der Waals surface area (Å²) in [7, 11) is 0. The number of rotatable bonds is 7. The number of nitro benzene ring substituents is 1. The third kappa shape index (κ3) is 3.44. The minimum atomic E-state index is -0.422. The summed E-state index contributed by atoms with van der Waals surface area (Å²) in [5.41, 5.74) is 0.648. The van der Waals surface area contributed by atoms with Gasteiger partial charge in [0.05, 0.1) is 17.1 Å². The number of aliphatic hydroxyl groups excluding tert-OH is 1. The van der Waals surface area contributed by atoms with Crippen LogP contribution < -0.4 is 10.6 Å². The third-order valence-electron chi connectivity index (χ3n) is 4.05. The minimum Gasteiger partial charge on any atom is -0.394 e. The van der Waals surface area contributed by atoms with Gasteiger partial charge in [-0.25, -0.2) is 0 Å². The van der Waals surface area contributed by atoms with Gasteiger partial charge in [0.25, 0.3) is 0 Å². The van der Waals surface area contributed by atoms with Gasteiger partial charge in [0.15, 0.2) is 0 Å². The number of hydrogen-bond acceptors (Lipinski definition) is 5. The van der Waals surface area contributed by atoms with E-state index < -0.39 is 5.54 Å². The summed E-state index contributed by atoms with van der Waals surface area (Å²) in [6, 6.07) is 5.23. The molecule has 0 unspecified atom stereocenters. The molecule has 0 amide bonds. The van der Waals surface area contributed by atoms with E-state index in [2.05, 4.69) is 10.6 Å². The number of nitrogens with zero attached hydrogens (tertiary/aromatic N) is 1. The van der Waals surface area contributed by atoms with Crippen molar-refractivity contribution in [3.63, 3.8) is 0 Å². The van der Waals surface area contributed by atoms with Crippen LogP contribution in [0.3, 0.4) is 0 Å². The topological polar surface area (TPSA) is 87.4 Å². The van der Waals surface area contributed by atoms with Gasteiger partial charge in [0.2, 0.25) is 0 Å². The van der Waals surface area contributed by atoms with E-state index in [-0.39, 0.29) is 17.2 Å². The lowest BCUT2D eigenvalue weighted by molar-refractivity contribution is -0.383. The van der Waals surface area contributed by atoms with Crippen molar-refractivity contribution in [2.24, 2.45) is 0 Å². The highest BCUT2D eigenvalue weighted by Crippen LogP contribution is 2.38. The van der Waals surface area contributed by atoms with Gasteiger partial charge in [0, 0.05) is 6.54 Å². The van der Waals surface area contributed by atoms with Crippen LogP contribution in [0.2, 0.25) is 0 Å². The Kier molecular flexibility index (Phi) is 5.01. The molecule has 0 aromatic heterocycles. The molecule has 1 aromatic carbocycles. The Balaban J connectivity index is 2.31. The Labute approximate surface area is 124 Å². The zero-order valence-electron chi connectivity index (χ0n) is 12.4. The molecule has 1 aliphatic carbocycles. The van der Waals surface area contributed by atoms with E-state index in [0.29, 0.717) is 17.9 Å². The average molecular weight is 293 g/mol. The van der Waals surface area contributed by atoms with Gasteiger partial charge in [0.1, 0.15) is 11.4 Å². The normalized spacial score (nSPS) is 16.7. The van der Waals surface area contributed by atoms with E-state index in [4.69, 9.17) is 0 Å². The van der Waals surface area contributed by atoms with E-state index in [9.17, 15) is 15.2 Å². The van der Waals surface area contributed by atoms with Crippen molar-refractivity contribution in [1.29, 1.82) is 0 Å². The van der Waals surface area contributed by atoms with Crippen molar-refractivity contribution in [2.75, 3.05) is 23.8 Å². The lowest BCUT2D eigenvalue weighted by Crippen LogP contribution is -2.39. The van der Waals surface area contributed by atoms with Gasteiger partial charge in [-0.3, -0.25) is 10.1 Å². The molecule has 0 radical (unpaired) electrons. The van der Waals surface area contributed by atoms with Crippen LogP contribution in [0.15, 0.2) is 18.2 Å². The summed E-state index contributed by atoms with van der Waals surface area (Å²) in [6.45, 7) is 2.70. The second-order valence-electron chi connectivity index (χ2n) is 5.66. The van der Waals surface area contributed by atoms with Crippen LogP contribution >= 0.6 is 0 Å². The number of benzene rings is 1. The van der Waals surface area contributed by atoms with Crippen molar-refractivity contribution < 1.29 is 10.0 Å². The predicted octanol–water partition coefficient (Wildman–Crippen LogP) is 3.13. The fourth-order valence-electron chi connectivity index (χ4n) is 2.90. The van der Waals surface area contributed by atoms with Crippen LogP contribution in [0.4, 0.5) is 17.1 Å². The van der Waals surface area contributed by atoms with Gasteiger partial charge < -0.3 is 15.7 Å². The molecular weight excluding hydrogens is 270 g/mol.